The second kappa shape index (κ2) is 12.6. The van der Waals surface area contributed by atoms with E-state index in [1.807, 2.05) is 17.0 Å². The van der Waals surface area contributed by atoms with Gasteiger partial charge in [0.1, 0.15) is 17.2 Å². The molecule has 8 nitrogen and oxygen atoms in total. The van der Waals surface area contributed by atoms with Gasteiger partial charge in [0.2, 0.25) is 5.91 Å². The van der Waals surface area contributed by atoms with Crippen molar-refractivity contribution < 1.29 is 19.0 Å². The lowest BCUT2D eigenvalue weighted by Crippen LogP contribution is -2.53. The fourth-order valence-electron chi connectivity index (χ4n) is 3.26. The molecule has 0 aliphatic carbocycles. The van der Waals surface area contributed by atoms with E-state index in [-0.39, 0.29) is 29.9 Å². The fourth-order valence-corrected chi connectivity index (χ4v) is 3.26. The van der Waals surface area contributed by atoms with Crippen LogP contribution in [0.1, 0.15) is 19.4 Å². The number of ether oxygens (including phenoxy) is 3. The van der Waals surface area contributed by atoms with Crippen LogP contribution in [0, 0.1) is 0 Å². The molecule has 1 saturated heterocycles. The van der Waals surface area contributed by atoms with E-state index in [0.29, 0.717) is 18.7 Å². The van der Waals surface area contributed by atoms with Crippen molar-refractivity contribution in [3.05, 3.63) is 17.7 Å². The largest absolute Gasteiger partial charge is 0.496 e. The number of hydrogen-bond donors (Lipinski definition) is 1. The number of guanidine groups is 1. The SMILES string of the molecule is CCNC(=NCCc1c(OC)cc(OC)cc1OC)N1CCN(C(C)=O)CC1.I. The Bertz CT molecular complexity index is 666. The third-order valence-corrected chi connectivity index (χ3v) is 4.80. The first-order chi connectivity index (χ1) is 13.5. The van der Waals surface area contributed by atoms with Crippen molar-refractivity contribution in [2.24, 2.45) is 4.99 Å². The number of carbonyl (C=O) groups excluding carboxylic acids is 1. The number of rotatable bonds is 7. The summed E-state index contributed by atoms with van der Waals surface area (Å²) in [5, 5.41) is 3.35. The minimum atomic E-state index is 0. The van der Waals surface area contributed by atoms with Gasteiger partial charge in [0.25, 0.3) is 0 Å². The fraction of sp³-hybridized carbons (Fsp3) is 0.600. The van der Waals surface area contributed by atoms with Gasteiger partial charge in [0.15, 0.2) is 5.96 Å². The first-order valence-electron chi connectivity index (χ1n) is 9.61. The van der Waals surface area contributed by atoms with Crippen molar-refractivity contribution in [3.63, 3.8) is 0 Å². The molecule has 1 N–H and O–H groups in total. The van der Waals surface area contributed by atoms with E-state index < -0.39 is 0 Å². The van der Waals surface area contributed by atoms with Crippen molar-refractivity contribution in [2.75, 3.05) is 60.6 Å². The third-order valence-electron chi connectivity index (χ3n) is 4.80. The van der Waals surface area contributed by atoms with Gasteiger partial charge in [-0.3, -0.25) is 9.79 Å². The molecule has 0 aromatic heterocycles. The quantitative estimate of drug-likeness (QED) is 0.337. The first-order valence-corrected chi connectivity index (χ1v) is 9.61. The zero-order chi connectivity index (χ0) is 20.5. The summed E-state index contributed by atoms with van der Waals surface area (Å²) >= 11 is 0. The minimum absolute atomic E-state index is 0. The van der Waals surface area contributed by atoms with Gasteiger partial charge in [0, 0.05) is 63.9 Å². The van der Waals surface area contributed by atoms with Gasteiger partial charge in [0.05, 0.1) is 21.3 Å². The molecule has 0 spiro atoms. The van der Waals surface area contributed by atoms with Gasteiger partial charge in [-0.1, -0.05) is 0 Å². The van der Waals surface area contributed by atoms with Gasteiger partial charge >= 0.3 is 0 Å². The number of halogens is 1. The molecular formula is C20H33IN4O4. The van der Waals surface area contributed by atoms with Gasteiger partial charge in [-0.25, -0.2) is 0 Å². The molecule has 1 aliphatic rings. The number of nitrogens with zero attached hydrogens (tertiary/aromatic N) is 3. The highest BCUT2D eigenvalue weighted by Crippen LogP contribution is 2.34. The molecule has 1 aromatic rings. The number of hydrogen-bond acceptors (Lipinski definition) is 5. The van der Waals surface area contributed by atoms with Crippen LogP contribution in [0.4, 0.5) is 0 Å². The average molecular weight is 520 g/mol. The number of methoxy groups -OCH3 is 3. The number of benzene rings is 1. The van der Waals surface area contributed by atoms with Crippen molar-refractivity contribution in [3.8, 4) is 17.2 Å². The summed E-state index contributed by atoms with van der Waals surface area (Å²) in [5.74, 6) is 3.15. The molecule has 164 valence electrons. The Balaban J connectivity index is 0.00000420. The van der Waals surface area contributed by atoms with E-state index in [2.05, 4.69) is 17.1 Å². The zero-order valence-corrected chi connectivity index (χ0v) is 20.3. The van der Waals surface area contributed by atoms with Crippen molar-refractivity contribution in [2.45, 2.75) is 20.3 Å². The van der Waals surface area contributed by atoms with E-state index >= 15 is 0 Å². The van der Waals surface area contributed by atoms with Gasteiger partial charge in [-0.05, 0) is 13.3 Å². The molecule has 0 saturated carbocycles. The normalized spacial score (nSPS) is 14.2. The number of nitrogens with one attached hydrogen (secondary N) is 1. The average Bonchev–Trinajstić information content (AvgIpc) is 2.72. The summed E-state index contributed by atoms with van der Waals surface area (Å²) in [6.45, 7) is 8.05. The van der Waals surface area contributed by atoms with Gasteiger partial charge in [-0.2, -0.15) is 0 Å². The summed E-state index contributed by atoms with van der Waals surface area (Å²) in [7, 11) is 4.89. The van der Waals surface area contributed by atoms with E-state index in [4.69, 9.17) is 19.2 Å². The lowest BCUT2D eigenvalue weighted by molar-refractivity contribution is -0.130. The Hall–Kier alpha value is -1.91. The van der Waals surface area contributed by atoms with Gasteiger partial charge < -0.3 is 29.3 Å². The lowest BCUT2D eigenvalue weighted by atomic mass is 10.1. The molecule has 0 bridgehead atoms. The Morgan fingerprint density at radius 2 is 1.59 bits per heavy atom. The van der Waals surface area contributed by atoms with Crippen LogP contribution in [0.2, 0.25) is 0 Å². The van der Waals surface area contributed by atoms with E-state index in [1.54, 1.807) is 28.3 Å². The molecule has 0 unspecified atom stereocenters. The molecular weight excluding hydrogens is 487 g/mol. The van der Waals surface area contributed by atoms with Crippen molar-refractivity contribution in [1.82, 2.24) is 15.1 Å². The van der Waals surface area contributed by atoms with Crippen LogP contribution in [0.3, 0.4) is 0 Å². The van der Waals surface area contributed by atoms with Crippen LogP contribution in [0.5, 0.6) is 17.2 Å². The second-order valence-electron chi connectivity index (χ2n) is 6.49. The molecule has 9 heteroatoms. The zero-order valence-electron chi connectivity index (χ0n) is 18.0. The number of aliphatic imine (C=N–C) groups is 1. The number of amides is 1. The Labute approximate surface area is 190 Å². The van der Waals surface area contributed by atoms with Crippen LogP contribution < -0.4 is 19.5 Å². The van der Waals surface area contributed by atoms with Crippen LogP contribution in [-0.2, 0) is 11.2 Å². The Morgan fingerprint density at radius 3 is 2.03 bits per heavy atom. The standard InChI is InChI=1S/C20H32N4O4.HI/c1-6-21-20(24-11-9-23(10-12-24)15(2)25)22-8-7-17-18(27-4)13-16(26-3)14-19(17)28-5;/h13-14H,6-12H2,1-5H3,(H,21,22);1H. The molecule has 1 amide bonds. The lowest BCUT2D eigenvalue weighted by Gasteiger charge is -2.36. The highest BCUT2D eigenvalue weighted by atomic mass is 127. The first kappa shape index (κ1) is 25.1. The molecule has 0 atom stereocenters. The number of piperazine rings is 1. The molecule has 1 heterocycles. The predicted molar refractivity (Wildman–Crippen MR) is 125 cm³/mol. The minimum Gasteiger partial charge on any atom is -0.496 e. The van der Waals surface area contributed by atoms with Crippen LogP contribution in [-0.4, -0.2) is 82.3 Å². The van der Waals surface area contributed by atoms with E-state index in [9.17, 15) is 4.79 Å². The highest BCUT2D eigenvalue weighted by molar-refractivity contribution is 14.0. The topological polar surface area (TPSA) is 75.6 Å². The molecule has 0 radical (unpaired) electrons. The summed E-state index contributed by atoms with van der Waals surface area (Å²) in [6.07, 6.45) is 0.679. The van der Waals surface area contributed by atoms with Crippen LogP contribution in [0.25, 0.3) is 0 Å². The van der Waals surface area contributed by atoms with Crippen LogP contribution in [0.15, 0.2) is 17.1 Å². The monoisotopic (exact) mass is 520 g/mol. The number of carbonyl (C=O) groups is 1. The predicted octanol–water partition coefficient (Wildman–Crippen LogP) is 2.00. The second-order valence-corrected chi connectivity index (χ2v) is 6.49. The Kier molecular flexibility index (Phi) is 10.9. The molecule has 1 aromatic carbocycles. The van der Waals surface area contributed by atoms with Crippen LogP contribution >= 0.6 is 24.0 Å². The molecule has 29 heavy (non-hydrogen) atoms. The third kappa shape index (κ3) is 6.83. The maximum absolute atomic E-state index is 11.5. The smallest absolute Gasteiger partial charge is 0.219 e. The highest BCUT2D eigenvalue weighted by Gasteiger charge is 2.21. The maximum Gasteiger partial charge on any atom is 0.219 e. The maximum atomic E-state index is 11.5. The summed E-state index contributed by atoms with van der Waals surface area (Å²) in [4.78, 5) is 20.4. The van der Waals surface area contributed by atoms with Gasteiger partial charge in [-0.15, -0.1) is 24.0 Å². The van der Waals surface area contributed by atoms with Crippen molar-refractivity contribution >= 4 is 35.8 Å². The summed E-state index contributed by atoms with van der Waals surface area (Å²) in [5.41, 5.74) is 0.965. The molecule has 1 aliphatic heterocycles. The molecule has 1 fully saturated rings. The van der Waals surface area contributed by atoms with E-state index in [0.717, 1.165) is 55.7 Å². The van der Waals surface area contributed by atoms with E-state index in [1.165, 1.54) is 0 Å². The summed E-state index contributed by atoms with van der Waals surface area (Å²) in [6, 6.07) is 3.71. The molecule has 2 rings (SSSR count). The Morgan fingerprint density at radius 1 is 1.03 bits per heavy atom. The van der Waals surface area contributed by atoms with Crippen molar-refractivity contribution in [1.29, 1.82) is 0 Å². The summed E-state index contributed by atoms with van der Waals surface area (Å²) < 4.78 is 16.3.